The number of carboxylic acids is 1. The maximum Gasteiger partial charge on any atom is 0.308 e. The van der Waals surface area contributed by atoms with Crippen LogP contribution in [0.2, 0.25) is 0 Å². The molecule has 1 atom stereocenters. The van der Waals surface area contributed by atoms with Crippen molar-refractivity contribution in [3.63, 3.8) is 0 Å². The van der Waals surface area contributed by atoms with Gasteiger partial charge >= 0.3 is 5.97 Å². The van der Waals surface area contributed by atoms with Crippen LogP contribution in [0, 0.1) is 19.8 Å². The van der Waals surface area contributed by atoms with E-state index in [0.29, 0.717) is 13.0 Å². The molecule has 1 saturated heterocycles. The maximum atomic E-state index is 12.0. The summed E-state index contributed by atoms with van der Waals surface area (Å²) < 4.78 is 5.35. The van der Waals surface area contributed by atoms with Crippen LogP contribution in [0.4, 0.5) is 0 Å². The molecule has 1 N–H and O–H groups in total. The van der Waals surface area contributed by atoms with E-state index in [1.54, 1.807) is 18.2 Å². The Labute approximate surface area is 123 Å². The number of hydrogen-bond donors (Lipinski definition) is 1. The topological polar surface area (TPSA) is 79.7 Å². The van der Waals surface area contributed by atoms with Gasteiger partial charge in [-0.15, -0.1) is 0 Å². The minimum atomic E-state index is -0.848. The van der Waals surface area contributed by atoms with Gasteiger partial charge in [-0.05, 0) is 20.3 Å². The predicted octanol–water partition coefficient (Wildman–Crippen LogP) is 1.53. The zero-order valence-electron chi connectivity index (χ0n) is 12.5. The summed E-state index contributed by atoms with van der Waals surface area (Å²) in [6, 6.07) is 0. The van der Waals surface area contributed by atoms with E-state index in [4.69, 9.17) is 9.84 Å². The van der Waals surface area contributed by atoms with Crippen molar-refractivity contribution in [2.24, 2.45) is 5.92 Å². The first-order chi connectivity index (χ1) is 9.93. The van der Waals surface area contributed by atoms with E-state index in [1.807, 2.05) is 13.8 Å². The zero-order valence-corrected chi connectivity index (χ0v) is 12.5. The third-order valence-electron chi connectivity index (χ3n) is 3.94. The molecule has 2 rings (SSSR count). The molecule has 0 radical (unpaired) electrons. The van der Waals surface area contributed by atoms with Gasteiger partial charge in [0.2, 0.25) is 5.91 Å². The SMILES string of the molecule is COc1c(C)cnc(CN2CC(C(=O)O)CCC2=O)c1C. The number of nitrogens with zero attached hydrogens (tertiary/aromatic N) is 2. The van der Waals surface area contributed by atoms with Gasteiger partial charge in [0.05, 0.1) is 25.3 Å². The Kier molecular flexibility index (Phi) is 4.45. The standard InChI is InChI=1S/C15H20N2O4/c1-9-6-16-12(10(2)14(9)21-3)8-17-7-11(15(19)20)4-5-13(17)18/h6,11H,4-5,7-8H2,1-3H3,(H,19,20). The van der Waals surface area contributed by atoms with Crippen molar-refractivity contribution in [2.45, 2.75) is 33.2 Å². The molecule has 1 aromatic rings. The van der Waals surface area contributed by atoms with E-state index in [1.165, 1.54) is 0 Å². The molecular weight excluding hydrogens is 272 g/mol. The number of likely N-dealkylation sites (tertiary alicyclic amines) is 1. The van der Waals surface area contributed by atoms with Crippen LogP contribution >= 0.6 is 0 Å². The van der Waals surface area contributed by atoms with Crippen molar-refractivity contribution >= 4 is 11.9 Å². The largest absolute Gasteiger partial charge is 0.496 e. The highest BCUT2D eigenvalue weighted by Gasteiger charge is 2.30. The molecule has 1 aliphatic rings. The molecule has 0 spiro atoms. The summed E-state index contributed by atoms with van der Waals surface area (Å²) >= 11 is 0. The molecule has 0 bridgehead atoms. The van der Waals surface area contributed by atoms with E-state index in [9.17, 15) is 9.59 Å². The fourth-order valence-corrected chi connectivity index (χ4v) is 2.68. The summed E-state index contributed by atoms with van der Waals surface area (Å²) in [6.45, 7) is 4.38. The molecule has 1 aliphatic heterocycles. The number of pyridine rings is 1. The number of aliphatic carboxylic acids is 1. The van der Waals surface area contributed by atoms with Crippen LogP contribution in [0.1, 0.15) is 29.7 Å². The summed E-state index contributed by atoms with van der Waals surface area (Å²) in [5.74, 6) is -0.596. The van der Waals surface area contributed by atoms with E-state index >= 15 is 0 Å². The van der Waals surface area contributed by atoms with E-state index < -0.39 is 11.9 Å². The number of methoxy groups -OCH3 is 1. The van der Waals surface area contributed by atoms with Crippen molar-refractivity contribution in [1.82, 2.24) is 9.88 Å². The molecule has 6 nitrogen and oxygen atoms in total. The quantitative estimate of drug-likeness (QED) is 0.910. The number of rotatable bonds is 4. The second kappa shape index (κ2) is 6.11. The van der Waals surface area contributed by atoms with Crippen molar-refractivity contribution < 1.29 is 19.4 Å². The van der Waals surface area contributed by atoms with Crippen molar-refractivity contribution in [1.29, 1.82) is 0 Å². The lowest BCUT2D eigenvalue weighted by Gasteiger charge is -2.30. The van der Waals surface area contributed by atoms with Gasteiger partial charge in [0.1, 0.15) is 5.75 Å². The molecule has 114 valence electrons. The van der Waals surface area contributed by atoms with Gasteiger partial charge in [-0.1, -0.05) is 0 Å². The monoisotopic (exact) mass is 292 g/mol. The highest BCUT2D eigenvalue weighted by molar-refractivity contribution is 5.80. The predicted molar refractivity (Wildman–Crippen MR) is 76.0 cm³/mol. The number of carboxylic acid groups (broad SMARTS) is 1. The number of aromatic nitrogens is 1. The summed E-state index contributed by atoms with van der Waals surface area (Å²) in [5.41, 5.74) is 2.58. The summed E-state index contributed by atoms with van der Waals surface area (Å²) in [4.78, 5) is 29.0. The number of ether oxygens (including phenoxy) is 1. The molecule has 21 heavy (non-hydrogen) atoms. The maximum absolute atomic E-state index is 12.0. The Hall–Kier alpha value is -2.11. The minimum Gasteiger partial charge on any atom is -0.496 e. The fraction of sp³-hybridized carbons (Fsp3) is 0.533. The molecule has 1 aromatic heterocycles. The highest BCUT2D eigenvalue weighted by Crippen LogP contribution is 2.26. The first-order valence-electron chi connectivity index (χ1n) is 6.93. The molecule has 0 saturated carbocycles. The van der Waals surface area contributed by atoms with Crippen LogP contribution in [-0.4, -0.2) is 40.5 Å². The van der Waals surface area contributed by atoms with Crippen LogP contribution in [0.3, 0.4) is 0 Å². The minimum absolute atomic E-state index is 0.0201. The molecule has 0 aromatic carbocycles. The van der Waals surface area contributed by atoms with Gasteiger partial charge in [0.15, 0.2) is 0 Å². The van der Waals surface area contributed by atoms with Gasteiger partial charge in [-0.2, -0.15) is 0 Å². The van der Waals surface area contributed by atoms with Crippen molar-refractivity contribution in [3.8, 4) is 5.75 Å². The smallest absolute Gasteiger partial charge is 0.308 e. The number of hydrogen-bond acceptors (Lipinski definition) is 4. The fourth-order valence-electron chi connectivity index (χ4n) is 2.68. The molecular formula is C15H20N2O4. The summed E-state index contributed by atoms with van der Waals surface area (Å²) in [6.07, 6.45) is 2.40. The van der Waals surface area contributed by atoms with E-state index in [2.05, 4.69) is 4.98 Å². The van der Waals surface area contributed by atoms with Crippen LogP contribution in [0.25, 0.3) is 0 Å². The third-order valence-corrected chi connectivity index (χ3v) is 3.94. The molecule has 6 heteroatoms. The third kappa shape index (κ3) is 3.15. The zero-order chi connectivity index (χ0) is 15.6. The van der Waals surface area contributed by atoms with Gasteiger partial charge in [-0.25, -0.2) is 0 Å². The second-order valence-corrected chi connectivity index (χ2v) is 5.39. The molecule has 1 amide bonds. The van der Waals surface area contributed by atoms with E-state index in [-0.39, 0.29) is 18.9 Å². The lowest BCUT2D eigenvalue weighted by atomic mass is 9.97. The van der Waals surface area contributed by atoms with Crippen molar-refractivity contribution in [2.75, 3.05) is 13.7 Å². The number of aryl methyl sites for hydroxylation is 1. The molecule has 1 unspecified atom stereocenters. The van der Waals surface area contributed by atoms with Crippen LogP contribution in [0.5, 0.6) is 5.75 Å². The van der Waals surface area contributed by atoms with Gasteiger partial charge in [0, 0.05) is 30.3 Å². The Morgan fingerprint density at radius 3 is 2.86 bits per heavy atom. The second-order valence-electron chi connectivity index (χ2n) is 5.39. The van der Waals surface area contributed by atoms with Gasteiger partial charge < -0.3 is 14.7 Å². The number of carbonyl (C=O) groups is 2. The van der Waals surface area contributed by atoms with Crippen LogP contribution in [0.15, 0.2) is 6.20 Å². The Balaban J connectivity index is 2.20. The van der Waals surface area contributed by atoms with Crippen LogP contribution < -0.4 is 4.74 Å². The molecule has 0 aliphatic carbocycles. The van der Waals surface area contributed by atoms with Crippen LogP contribution in [-0.2, 0) is 16.1 Å². The Morgan fingerprint density at radius 1 is 1.52 bits per heavy atom. The number of piperidine rings is 1. The van der Waals surface area contributed by atoms with E-state index in [0.717, 1.165) is 22.6 Å². The first-order valence-corrected chi connectivity index (χ1v) is 6.93. The average molecular weight is 292 g/mol. The summed E-state index contributed by atoms with van der Waals surface area (Å²) in [7, 11) is 1.60. The number of carbonyl (C=O) groups excluding carboxylic acids is 1. The highest BCUT2D eigenvalue weighted by atomic mass is 16.5. The lowest BCUT2D eigenvalue weighted by molar-refractivity contribution is -0.147. The Bertz CT molecular complexity index is 571. The summed E-state index contributed by atoms with van der Waals surface area (Å²) in [5, 5.41) is 9.11. The lowest BCUT2D eigenvalue weighted by Crippen LogP contribution is -2.42. The van der Waals surface area contributed by atoms with Gasteiger partial charge in [0.25, 0.3) is 0 Å². The first kappa shape index (κ1) is 15.3. The molecule has 1 fully saturated rings. The average Bonchev–Trinajstić information content (AvgIpc) is 2.44. The molecule has 2 heterocycles. The van der Waals surface area contributed by atoms with Crippen molar-refractivity contribution in [3.05, 3.63) is 23.0 Å². The number of amides is 1. The normalized spacial score (nSPS) is 18.7. The van der Waals surface area contributed by atoms with Gasteiger partial charge in [-0.3, -0.25) is 14.6 Å². The Morgan fingerprint density at radius 2 is 2.24 bits per heavy atom.